The van der Waals surface area contributed by atoms with Crippen LogP contribution in [0, 0.1) is 24.5 Å². The first-order valence-electron chi connectivity index (χ1n) is 9.08. The standard InChI is InChI=1S/C19H22F2N4O3/c1-11-9-17(24-28-11)23-18(26)13-5-7-25(8-6-13)19(27)22-12(2)15-4-3-14(20)10-16(15)21/h3-4,9-10,12-13H,5-8H2,1-2H3,(H,22,27)(H,23,24,26). The second kappa shape index (κ2) is 8.37. The monoisotopic (exact) mass is 392 g/mol. The van der Waals surface area contributed by atoms with E-state index in [9.17, 15) is 18.4 Å². The third kappa shape index (κ3) is 4.65. The van der Waals surface area contributed by atoms with E-state index in [1.54, 1.807) is 24.8 Å². The van der Waals surface area contributed by atoms with Crippen LogP contribution in [0.1, 0.15) is 37.1 Å². The number of carbonyl (C=O) groups excluding carboxylic acids is 2. The lowest BCUT2D eigenvalue weighted by Gasteiger charge is -2.32. The van der Waals surface area contributed by atoms with Gasteiger partial charge in [0.05, 0.1) is 6.04 Å². The Kier molecular flexibility index (Phi) is 5.91. The van der Waals surface area contributed by atoms with Gasteiger partial charge in [0.15, 0.2) is 5.82 Å². The normalized spacial score (nSPS) is 15.9. The summed E-state index contributed by atoms with van der Waals surface area (Å²) in [6, 6.07) is 3.94. The molecule has 150 valence electrons. The molecule has 1 aromatic heterocycles. The Bertz CT molecular complexity index is 863. The van der Waals surface area contributed by atoms with Crippen molar-refractivity contribution in [3.63, 3.8) is 0 Å². The van der Waals surface area contributed by atoms with Gasteiger partial charge < -0.3 is 20.1 Å². The molecule has 0 radical (unpaired) electrons. The maximum absolute atomic E-state index is 13.9. The smallest absolute Gasteiger partial charge is 0.317 e. The largest absolute Gasteiger partial charge is 0.360 e. The van der Waals surface area contributed by atoms with Crippen molar-refractivity contribution in [1.29, 1.82) is 0 Å². The Labute approximate surface area is 161 Å². The van der Waals surface area contributed by atoms with Gasteiger partial charge >= 0.3 is 6.03 Å². The van der Waals surface area contributed by atoms with Crippen molar-refractivity contribution in [2.75, 3.05) is 18.4 Å². The summed E-state index contributed by atoms with van der Waals surface area (Å²) < 4.78 is 31.8. The van der Waals surface area contributed by atoms with Crippen LogP contribution in [-0.4, -0.2) is 35.1 Å². The average Bonchev–Trinajstić information content (AvgIpc) is 3.06. The Morgan fingerprint density at radius 1 is 1.25 bits per heavy atom. The van der Waals surface area contributed by atoms with Crippen molar-refractivity contribution < 1.29 is 22.9 Å². The summed E-state index contributed by atoms with van der Waals surface area (Å²) in [5, 5.41) is 9.15. The number of likely N-dealkylation sites (tertiary alicyclic amines) is 1. The number of aromatic nitrogens is 1. The molecule has 0 spiro atoms. The van der Waals surface area contributed by atoms with Crippen molar-refractivity contribution in [2.45, 2.75) is 32.7 Å². The van der Waals surface area contributed by atoms with E-state index in [1.165, 1.54) is 6.07 Å². The highest BCUT2D eigenvalue weighted by molar-refractivity contribution is 5.91. The first kappa shape index (κ1) is 19.8. The molecule has 1 unspecified atom stereocenters. The number of hydrogen-bond acceptors (Lipinski definition) is 4. The molecule has 1 atom stereocenters. The van der Waals surface area contributed by atoms with Crippen LogP contribution in [0.25, 0.3) is 0 Å². The first-order chi connectivity index (χ1) is 13.3. The lowest BCUT2D eigenvalue weighted by atomic mass is 9.96. The fourth-order valence-corrected chi connectivity index (χ4v) is 3.21. The average molecular weight is 392 g/mol. The summed E-state index contributed by atoms with van der Waals surface area (Å²) in [4.78, 5) is 26.3. The predicted molar refractivity (Wildman–Crippen MR) is 97.5 cm³/mol. The molecule has 7 nitrogen and oxygen atoms in total. The maximum atomic E-state index is 13.9. The molecular weight excluding hydrogens is 370 g/mol. The van der Waals surface area contributed by atoms with Crippen LogP contribution in [0.4, 0.5) is 19.4 Å². The number of benzene rings is 1. The van der Waals surface area contributed by atoms with Gasteiger partial charge in [-0.2, -0.15) is 0 Å². The van der Waals surface area contributed by atoms with Gasteiger partial charge in [0.25, 0.3) is 0 Å². The number of rotatable bonds is 4. The minimum atomic E-state index is -0.703. The minimum absolute atomic E-state index is 0.157. The van der Waals surface area contributed by atoms with E-state index in [4.69, 9.17) is 4.52 Å². The van der Waals surface area contributed by atoms with Crippen LogP contribution < -0.4 is 10.6 Å². The maximum Gasteiger partial charge on any atom is 0.317 e. The summed E-state index contributed by atoms with van der Waals surface area (Å²) in [6.45, 7) is 4.17. The van der Waals surface area contributed by atoms with E-state index in [2.05, 4.69) is 15.8 Å². The summed E-state index contributed by atoms with van der Waals surface area (Å²) in [5.41, 5.74) is 0.215. The SMILES string of the molecule is Cc1cc(NC(=O)C2CCN(C(=O)NC(C)c3ccc(F)cc3F)CC2)no1. The molecule has 1 aromatic carbocycles. The van der Waals surface area contributed by atoms with E-state index in [0.717, 1.165) is 12.1 Å². The molecule has 1 aliphatic rings. The van der Waals surface area contributed by atoms with Gasteiger partial charge in [-0.15, -0.1) is 0 Å². The molecule has 3 amide bonds. The van der Waals surface area contributed by atoms with Gasteiger partial charge in [0.1, 0.15) is 17.4 Å². The number of nitrogens with one attached hydrogen (secondary N) is 2. The Morgan fingerprint density at radius 3 is 2.57 bits per heavy atom. The van der Waals surface area contributed by atoms with Crippen LogP contribution in [0.5, 0.6) is 0 Å². The molecule has 2 heterocycles. The topological polar surface area (TPSA) is 87.5 Å². The van der Waals surface area contributed by atoms with E-state index in [0.29, 0.717) is 37.5 Å². The van der Waals surface area contributed by atoms with Gasteiger partial charge in [0.2, 0.25) is 5.91 Å². The Morgan fingerprint density at radius 2 is 1.96 bits per heavy atom. The second-order valence-corrected chi connectivity index (χ2v) is 6.91. The molecule has 0 bridgehead atoms. The van der Waals surface area contributed by atoms with Gasteiger partial charge in [-0.1, -0.05) is 11.2 Å². The summed E-state index contributed by atoms with van der Waals surface area (Å²) in [7, 11) is 0. The molecule has 28 heavy (non-hydrogen) atoms. The number of nitrogens with zero attached hydrogens (tertiary/aromatic N) is 2. The number of halogens is 2. The summed E-state index contributed by atoms with van der Waals surface area (Å²) in [5.74, 6) is -0.776. The molecule has 2 aromatic rings. The zero-order valence-corrected chi connectivity index (χ0v) is 15.7. The molecule has 0 saturated carbocycles. The van der Waals surface area contributed by atoms with E-state index in [-0.39, 0.29) is 23.4 Å². The molecule has 3 rings (SSSR count). The quantitative estimate of drug-likeness (QED) is 0.835. The van der Waals surface area contributed by atoms with Crippen molar-refractivity contribution in [1.82, 2.24) is 15.4 Å². The van der Waals surface area contributed by atoms with Gasteiger partial charge in [-0.25, -0.2) is 13.6 Å². The van der Waals surface area contributed by atoms with Crippen molar-refractivity contribution >= 4 is 17.8 Å². The second-order valence-electron chi connectivity index (χ2n) is 6.91. The first-order valence-corrected chi connectivity index (χ1v) is 9.08. The molecular formula is C19H22F2N4O3. The summed E-state index contributed by atoms with van der Waals surface area (Å²) in [6.07, 6.45) is 1.02. The number of hydrogen-bond donors (Lipinski definition) is 2. The third-order valence-electron chi connectivity index (χ3n) is 4.80. The fraction of sp³-hybridized carbons (Fsp3) is 0.421. The number of carbonyl (C=O) groups is 2. The highest BCUT2D eigenvalue weighted by Crippen LogP contribution is 2.21. The van der Waals surface area contributed by atoms with Crippen LogP contribution >= 0.6 is 0 Å². The third-order valence-corrected chi connectivity index (χ3v) is 4.80. The van der Waals surface area contributed by atoms with Crippen molar-refractivity contribution in [2.24, 2.45) is 5.92 Å². The zero-order valence-electron chi connectivity index (χ0n) is 15.7. The van der Waals surface area contributed by atoms with E-state index < -0.39 is 17.7 Å². The number of aryl methyl sites for hydroxylation is 1. The zero-order chi connectivity index (χ0) is 20.3. The highest BCUT2D eigenvalue weighted by Gasteiger charge is 2.28. The summed E-state index contributed by atoms with van der Waals surface area (Å²) >= 11 is 0. The number of piperidine rings is 1. The molecule has 2 N–H and O–H groups in total. The molecule has 1 saturated heterocycles. The number of anilines is 1. The predicted octanol–water partition coefficient (Wildman–Crippen LogP) is 3.38. The van der Waals surface area contributed by atoms with Gasteiger partial charge in [-0.3, -0.25) is 4.79 Å². The number of urea groups is 1. The lowest BCUT2D eigenvalue weighted by molar-refractivity contribution is -0.121. The van der Waals surface area contributed by atoms with Gasteiger partial charge in [0, 0.05) is 36.7 Å². The minimum Gasteiger partial charge on any atom is -0.360 e. The van der Waals surface area contributed by atoms with Crippen molar-refractivity contribution in [3.05, 3.63) is 47.2 Å². The van der Waals surface area contributed by atoms with E-state index >= 15 is 0 Å². The van der Waals surface area contributed by atoms with E-state index in [1.807, 2.05) is 0 Å². The van der Waals surface area contributed by atoms with Gasteiger partial charge in [-0.05, 0) is 32.8 Å². The van der Waals surface area contributed by atoms with Crippen LogP contribution in [0.2, 0.25) is 0 Å². The molecule has 1 aliphatic heterocycles. The Hall–Kier alpha value is -2.97. The van der Waals surface area contributed by atoms with Crippen LogP contribution in [0.3, 0.4) is 0 Å². The highest BCUT2D eigenvalue weighted by atomic mass is 19.1. The van der Waals surface area contributed by atoms with Crippen molar-refractivity contribution in [3.8, 4) is 0 Å². The lowest BCUT2D eigenvalue weighted by Crippen LogP contribution is -2.46. The van der Waals surface area contributed by atoms with Crippen LogP contribution in [0.15, 0.2) is 28.8 Å². The molecule has 1 fully saturated rings. The number of amides is 3. The van der Waals surface area contributed by atoms with Crippen LogP contribution in [-0.2, 0) is 4.79 Å². The molecule has 0 aliphatic carbocycles. The molecule has 9 heteroatoms. The Balaban J connectivity index is 1.50. The fourth-order valence-electron chi connectivity index (χ4n) is 3.21.